The molecule has 27 heavy (non-hydrogen) atoms. The molecule has 0 fully saturated rings. The van der Waals surface area contributed by atoms with E-state index in [1.165, 1.54) is 0 Å². The van der Waals surface area contributed by atoms with Gasteiger partial charge in [-0.15, -0.1) is 0 Å². The van der Waals surface area contributed by atoms with E-state index >= 15 is 0 Å². The lowest BCUT2D eigenvalue weighted by Gasteiger charge is -2.19. The van der Waals surface area contributed by atoms with E-state index in [2.05, 4.69) is 16.0 Å². The molecule has 0 aromatic heterocycles. The maximum absolute atomic E-state index is 11.9. The SMILES string of the molecule is CC(CCC(CO)NC(=O)CNC(=O)C(N)C(C)C)C(=O)NCCC(=O)O. The summed E-state index contributed by atoms with van der Waals surface area (Å²) >= 11 is 0. The maximum Gasteiger partial charge on any atom is 0.305 e. The number of amides is 3. The first-order chi connectivity index (χ1) is 12.6. The van der Waals surface area contributed by atoms with Crippen molar-refractivity contribution in [2.24, 2.45) is 17.6 Å². The van der Waals surface area contributed by atoms with Crippen LogP contribution >= 0.6 is 0 Å². The number of nitrogens with one attached hydrogen (secondary N) is 3. The van der Waals surface area contributed by atoms with E-state index in [9.17, 15) is 24.3 Å². The van der Waals surface area contributed by atoms with Crippen molar-refractivity contribution in [2.75, 3.05) is 19.7 Å². The van der Waals surface area contributed by atoms with Gasteiger partial charge in [-0.05, 0) is 18.8 Å². The summed E-state index contributed by atoms with van der Waals surface area (Å²) in [6.45, 7) is 4.77. The van der Waals surface area contributed by atoms with Crippen LogP contribution in [-0.4, -0.2) is 65.7 Å². The normalized spacial score (nSPS) is 14.1. The average molecular weight is 388 g/mol. The van der Waals surface area contributed by atoms with Gasteiger partial charge in [-0.3, -0.25) is 19.2 Å². The quantitative estimate of drug-likeness (QED) is 0.224. The Hall–Kier alpha value is -2.20. The Morgan fingerprint density at radius 1 is 1.00 bits per heavy atom. The van der Waals surface area contributed by atoms with Crippen LogP contribution in [0, 0.1) is 11.8 Å². The summed E-state index contributed by atoms with van der Waals surface area (Å²) < 4.78 is 0. The van der Waals surface area contributed by atoms with Gasteiger partial charge in [-0.25, -0.2) is 0 Å². The third-order valence-corrected chi connectivity index (χ3v) is 4.06. The molecule has 7 N–H and O–H groups in total. The predicted molar refractivity (Wildman–Crippen MR) is 98.5 cm³/mol. The second-order valence-corrected chi connectivity index (χ2v) is 6.85. The lowest BCUT2D eigenvalue weighted by Crippen LogP contribution is -2.49. The van der Waals surface area contributed by atoms with Crippen LogP contribution in [0.1, 0.15) is 40.0 Å². The van der Waals surface area contributed by atoms with Gasteiger partial charge in [0.25, 0.3) is 0 Å². The molecule has 156 valence electrons. The number of rotatable bonds is 13. The van der Waals surface area contributed by atoms with Crippen LogP contribution in [0.3, 0.4) is 0 Å². The fourth-order valence-electron chi connectivity index (χ4n) is 2.12. The Kier molecular flexibility index (Phi) is 12.0. The number of nitrogens with two attached hydrogens (primary N) is 1. The number of carbonyl (C=O) groups excluding carboxylic acids is 3. The highest BCUT2D eigenvalue weighted by Gasteiger charge is 2.20. The molecule has 0 rings (SSSR count). The van der Waals surface area contributed by atoms with E-state index in [-0.39, 0.29) is 37.9 Å². The van der Waals surface area contributed by atoms with Crippen molar-refractivity contribution < 1.29 is 29.4 Å². The number of aliphatic hydroxyl groups is 1. The second kappa shape index (κ2) is 13.0. The molecule has 0 aromatic carbocycles. The van der Waals surface area contributed by atoms with Crippen molar-refractivity contribution in [1.82, 2.24) is 16.0 Å². The molecule has 0 bridgehead atoms. The van der Waals surface area contributed by atoms with Crippen LogP contribution in [0.15, 0.2) is 0 Å². The number of carbonyl (C=O) groups is 4. The van der Waals surface area contributed by atoms with Gasteiger partial charge in [0, 0.05) is 12.5 Å². The zero-order valence-electron chi connectivity index (χ0n) is 16.2. The molecule has 3 amide bonds. The van der Waals surface area contributed by atoms with Gasteiger partial charge >= 0.3 is 5.97 Å². The molecular formula is C17H32N4O6. The molecule has 0 radical (unpaired) electrons. The zero-order valence-corrected chi connectivity index (χ0v) is 16.2. The lowest BCUT2D eigenvalue weighted by atomic mass is 10.0. The molecule has 10 nitrogen and oxygen atoms in total. The molecule has 3 atom stereocenters. The highest BCUT2D eigenvalue weighted by atomic mass is 16.4. The lowest BCUT2D eigenvalue weighted by molar-refractivity contribution is -0.137. The molecule has 0 saturated carbocycles. The molecule has 10 heteroatoms. The van der Waals surface area contributed by atoms with Crippen molar-refractivity contribution in [3.63, 3.8) is 0 Å². The molecule has 0 aliphatic carbocycles. The molecule has 0 aliphatic rings. The summed E-state index contributed by atoms with van der Waals surface area (Å²) in [7, 11) is 0. The highest BCUT2D eigenvalue weighted by Crippen LogP contribution is 2.08. The number of carboxylic acid groups (broad SMARTS) is 1. The van der Waals surface area contributed by atoms with Crippen LogP contribution in [0.25, 0.3) is 0 Å². The minimum Gasteiger partial charge on any atom is -0.481 e. The van der Waals surface area contributed by atoms with Crippen LogP contribution in [0.4, 0.5) is 0 Å². The number of carboxylic acids is 1. The Morgan fingerprint density at radius 2 is 1.63 bits per heavy atom. The number of aliphatic carboxylic acids is 1. The first kappa shape index (κ1) is 24.8. The van der Waals surface area contributed by atoms with Gasteiger partial charge in [0.2, 0.25) is 17.7 Å². The molecule has 0 heterocycles. The summed E-state index contributed by atoms with van der Waals surface area (Å²) in [4.78, 5) is 45.8. The van der Waals surface area contributed by atoms with Crippen molar-refractivity contribution in [2.45, 2.75) is 52.1 Å². The van der Waals surface area contributed by atoms with Gasteiger partial charge in [-0.1, -0.05) is 20.8 Å². The fourth-order valence-corrected chi connectivity index (χ4v) is 2.12. The third kappa shape index (κ3) is 11.2. The molecular weight excluding hydrogens is 356 g/mol. The van der Waals surface area contributed by atoms with Crippen LogP contribution in [-0.2, 0) is 19.2 Å². The average Bonchev–Trinajstić information content (AvgIpc) is 2.61. The maximum atomic E-state index is 11.9. The van der Waals surface area contributed by atoms with Crippen molar-refractivity contribution in [3.05, 3.63) is 0 Å². The number of hydrogen-bond donors (Lipinski definition) is 6. The summed E-state index contributed by atoms with van der Waals surface area (Å²) in [5, 5.41) is 25.5. The van der Waals surface area contributed by atoms with Crippen LogP contribution in [0.5, 0.6) is 0 Å². The van der Waals surface area contributed by atoms with E-state index in [0.29, 0.717) is 12.8 Å². The van der Waals surface area contributed by atoms with E-state index in [1.807, 2.05) is 0 Å². The molecule has 0 aromatic rings. The first-order valence-electron chi connectivity index (χ1n) is 9.01. The number of hydrogen-bond acceptors (Lipinski definition) is 6. The van der Waals surface area contributed by atoms with Gasteiger partial charge in [0.05, 0.1) is 31.7 Å². The summed E-state index contributed by atoms with van der Waals surface area (Å²) in [5.41, 5.74) is 5.68. The van der Waals surface area contributed by atoms with Crippen molar-refractivity contribution in [1.29, 1.82) is 0 Å². The largest absolute Gasteiger partial charge is 0.481 e. The first-order valence-corrected chi connectivity index (χ1v) is 9.01. The molecule has 0 saturated heterocycles. The Morgan fingerprint density at radius 3 is 2.15 bits per heavy atom. The molecule has 3 unspecified atom stereocenters. The zero-order chi connectivity index (χ0) is 21.0. The van der Waals surface area contributed by atoms with Gasteiger partial charge < -0.3 is 31.9 Å². The van der Waals surface area contributed by atoms with Crippen LogP contribution in [0.2, 0.25) is 0 Å². The molecule has 0 aliphatic heterocycles. The minimum atomic E-state index is -0.993. The van der Waals surface area contributed by atoms with E-state index < -0.39 is 35.8 Å². The summed E-state index contributed by atoms with van der Waals surface area (Å²) in [6.07, 6.45) is 0.601. The fraction of sp³-hybridized carbons (Fsp3) is 0.765. The Balaban J connectivity index is 4.22. The Bertz CT molecular complexity index is 512. The Labute approximate surface area is 159 Å². The van der Waals surface area contributed by atoms with Gasteiger partial charge in [0.1, 0.15) is 0 Å². The highest BCUT2D eigenvalue weighted by molar-refractivity contribution is 5.87. The smallest absolute Gasteiger partial charge is 0.305 e. The topological polar surface area (TPSA) is 171 Å². The third-order valence-electron chi connectivity index (χ3n) is 4.06. The second-order valence-electron chi connectivity index (χ2n) is 6.85. The standard InChI is InChI=1S/C17H32N4O6/c1-10(2)15(18)17(27)20-8-13(23)21-12(9-22)5-4-11(3)16(26)19-7-6-14(24)25/h10-12,15,22H,4-9,18H2,1-3H3,(H,19,26)(H,20,27)(H,21,23)(H,24,25). The van der Waals surface area contributed by atoms with Crippen molar-refractivity contribution in [3.8, 4) is 0 Å². The predicted octanol–water partition coefficient (Wildman–Crippen LogP) is -1.43. The van der Waals surface area contributed by atoms with Crippen LogP contribution < -0.4 is 21.7 Å². The monoisotopic (exact) mass is 388 g/mol. The van der Waals surface area contributed by atoms with E-state index in [0.717, 1.165) is 0 Å². The van der Waals surface area contributed by atoms with Crippen molar-refractivity contribution >= 4 is 23.7 Å². The van der Waals surface area contributed by atoms with E-state index in [1.54, 1.807) is 20.8 Å². The minimum absolute atomic E-state index is 0.0525. The molecule has 0 spiro atoms. The van der Waals surface area contributed by atoms with Gasteiger partial charge in [-0.2, -0.15) is 0 Å². The summed E-state index contributed by atoms with van der Waals surface area (Å²) in [5.74, 6) is -2.61. The van der Waals surface area contributed by atoms with E-state index in [4.69, 9.17) is 10.8 Å². The summed E-state index contributed by atoms with van der Waals surface area (Å²) in [6, 6.07) is -1.26. The number of aliphatic hydroxyl groups excluding tert-OH is 1. The van der Waals surface area contributed by atoms with Gasteiger partial charge in [0.15, 0.2) is 0 Å².